The van der Waals surface area contributed by atoms with Crippen LogP contribution in [0.2, 0.25) is 0 Å². The van der Waals surface area contributed by atoms with E-state index in [1.165, 1.54) is 0 Å². The van der Waals surface area contributed by atoms with Crippen LogP contribution in [0.4, 0.5) is 0 Å². The molecular formula is C19H26N4O3. The van der Waals surface area contributed by atoms with Crippen LogP contribution in [0.15, 0.2) is 28.9 Å². The number of carbonyl (C=O) groups is 1. The van der Waals surface area contributed by atoms with Gasteiger partial charge in [-0.1, -0.05) is 5.16 Å². The third-order valence-electron chi connectivity index (χ3n) is 5.60. The molecule has 2 saturated heterocycles. The number of carbonyl (C=O) groups excluding carboxylic acids is 1. The van der Waals surface area contributed by atoms with Crippen molar-refractivity contribution in [3.63, 3.8) is 0 Å². The summed E-state index contributed by atoms with van der Waals surface area (Å²) in [6, 6.07) is 5.70. The standard InChI is InChI=1S/C19H26N4O3/c1-14-10-16(21-26-14)11-23-12-19(13-23)15(6-9-25-19)5-7-20-18(24)17-4-3-8-22(17)2/h3-4,8,10,15H,5-7,9,11-13H2,1-2H3,(H,20,24). The number of likely N-dealkylation sites (tertiary alicyclic amines) is 1. The maximum atomic E-state index is 12.2. The second-order valence-electron chi connectivity index (χ2n) is 7.52. The Hall–Kier alpha value is -2.12. The smallest absolute Gasteiger partial charge is 0.267 e. The van der Waals surface area contributed by atoms with E-state index in [0.717, 1.165) is 50.5 Å². The van der Waals surface area contributed by atoms with Gasteiger partial charge >= 0.3 is 0 Å². The Labute approximate surface area is 153 Å². The van der Waals surface area contributed by atoms with Crippen molar-refractivity contribution in [2.75, 3.05) is 26.2 Å². The first kappa shape index (κ1) is 17.3. The molecule has 7 heteroatoms. The molecule has 2 aliphatic heterocycles. The summed E-state index contributed by atoms with van der Waals surface area (Å²) >= 11 is 0. The summed E-state index contributed by atoms with van der Waals surface area (Å²) < 4.78 is 13.1. The number of nitrogens with one attached hydrogen (secondary N) is 1. The normalized spacial score (nSPS) is 21.8. The van der Waals surface area contributed by atoms with Crippen molar-refractivity contribution in [2.24, 2.45) is 13.0 Å². The van der Waals surface area contributed by atoms with Crippen molar-refractivity contribution in [1.29, 1.82) is 0 Å². The van der Waals surface area contributed by atoms with Crippen LogP contribution in [0.5, 0.6) is 0 Å². The summed E-state index contributed by atoms with van der Waals surface area (Å²) in [4.78, 5) is 14.6. The quantitative estimate of drug-likeness (QED) is 0.851. The van der Waals surface area contributed by atoms with Gasteiger partial charge in [0.1, 0.15) is 11.5 Å². The number of amides is 1. The highest BCUT2D eigenvalue weighted by Crippen LogP contribution is 2.41. The van der Waals surface area contributed by atoms with Gasteiger partial charge in [-0.15, -0.1) is 0 Å². The number of hydrogen-bond acceptors (Lipinski definition) is 5. The van der Waals surface area contributed by atoms with Crippen molar-refractivity contribution >= 4 is 5.91 Å². The van der Waals surface area contributed by atoms with E-state index in [0.29, 0.717) is 18.2 Å². The fourth-order valence-electron chi connectivity index (χ4n) is 4.23. The van der Waals surface area contributed by atoms with Crippen molar-refractivity contribution in [1.82, 2.24) is 19.9 Å². The number of rotatable bonds is 6. The minimum atomic E-state index is -0.0471. The first-order valence-electron chi connectivity index (χ1n) is 9.24. The zero-order valence-electron chi connectivity index (χ0n) is 15.4. The lowest BCUT2D eigenvalue weighted by molar-refractivity contribution is -0.137. The van der Waals surface area contributed by atoms with Gasteiger partial charge in [-0.25, -0.2) is 0 Å². The molecule has 0 bridgehead atoms. The Morgan fingerprint density at radius 3 is 3.00 bits per heavy atom. The van der Waals surface area contributed by atoms with Crippen LogP contribution in [-0.4, -0.2) is 52.4 Å². The van der Waals surface area contributed by atoms with E-state index in [2.05, 4.69) is 15.4 Å². The number of hydrogen-bond donors (Lipinski definition) is 1. The SMILES string of the molecule is Cc1cc(CN2CC3(C2)OCCC3CCNC(=O)c2cccn2C)no1. The number of aromatic nitrogens is 2. The van der Waals surface area contributed by atoms with Gasteiger partial charge in [0.2, 0.25) is 0 Å². The Balaban J connectivity index is 1.25. The molecule has 2 aliphatic rings. The minimum Gasteiger partial charge on any atom is -0.372 e. The third-order valence-corrected chi connectivity index (χ3v) is 5.60. The molecule has 1 atom stereocenters. The highest BCUT2D eigenvalue weighted by atomic mass is 16.5. The predicted octanol–water partition coefficient (Wildman–Crippen LogP) is 1.73. The number of nitrogens with zero attached hydrogens (tertiary/aromatic N) is 3. The first-order valence-corrected chi connectivity index (χ1v) is 9.24. The second kappa shape index (κ2) is 6.89. The largest absolute Gasteiger partial charge is 0.372 e. The van der Waals surface area contributed by atoms with Gasteiger partial charge < -0.3 is 19.1 Å². The van der Waals surface area contributed by atoms with E-state index < -0.39 is 0 Å². The van der Waals surface area contributed by atoms with Crippen LogP contribution in [0.25, 0.3) is 0 Å². The molecule has 26 heavy (non-hydrogen) atoms. The van der Waals surface area contributed by atoms with Crippen LogP contribution in [0, 0.1) is 12.8 Å². The molecule has 1 unspecified atom stereocenters. The summed E-state index contributed by atoms with van der Waals surface area (Å²) in [6.45, 7) is 6.06. The molecular weight excluding hydrogens is 332 g/mol. The summed E-state index contributed by atoms with van der Waals surface area (Å²) in [7, 11) is 1.88. The molecule has 0 aromatic carbocycles. The van der Waals surface area contributed by atoms with E-state index in [9.17, 15) is 4.79 Å². The summed E-state index contributed by atoms with van der Waals surface area (Å²) in [5.74, 6) is 1.33. The topological polar surface area (TPSA) is 72.5 Å². The van der Waals surface area contributed by atoms with Gasteiger partial charge in [-0.3, -0.25) is 9.69 Å². The Kier molecular flexibility index (Phi) is 4.58. The molecule has 2 aromatic rings. The van der Waals surface area contributed by atoms with Crippen LogP contribution >= 0.6 is 0 Å². The van der Waals surface area contributed by atoms with Gasteiger partial charge in [-0.2, -0.15) is 0 Å². The Morgan fingerprint density at radius 2 is 2.31 bits per heavy atom. The highest BCUT2D eigenvalue weighted by molar-refractivity contribution is 5.92. The molecule has 0 aliphatic carbocycles. The van der Waals surface area contributed by atoms with E-state index in [1.807, 2.05) is 42.9 Å². The van der Waals surface area contributed by atoms with Crippen molar-refractivity contribution in [3.05, 3.63) is 41.5 Å². The molecule has 4 rings (SSSR count). The van der Waals surface area contributed by atoms with Gasteiger partial charge in [0.15, 0.2) is 0 Å². The summed E-state index contributed by atoms with van der Waals surface area (Å²) in [6.07, 6.45) is 3.90. The van der Waals surface area contributed by atoms with Crippen LogP contribution in [-0.2, 0) is 18.3 Å². The minimum absolute atomic E-state index is 0.0119. The number of ether oxygens (including phenoxy) is 1. The highest BCUT2D eigenvalue weighted by Gasteiger charge is 2.52. The average Bonchev–Trinajstić information content (AvgIpc) is 3.28. The van der Waals surface area contributed by atoms with Crippen LogP contribution in [0.1, 0.15) is 34.8 Å². The van der Waals surface area contributed by atoms with Crippen molar-refractivity contribution in [3.8, 4) is 0 Å². The lowest BCUT2D eigenvalue weighted by Crippen LogP contribution is -2.64. The molecule has 0 radical (unpaired) electrons. The van der Waals surface area contributed by atoms with Gasteiger partial charge in [0.05, 0.1) is 11.3 Å². The Bertz CT molecular complexity index is 775. The maximum Gasteiger partial charge on any atom is 0.267 e. The van der Waals surface area contributed by atoms with Gasteiger partial charge in [0.25, 0.3) is 5.91 Å². The fourth-order valence-corrected chi connectivity index (χ4v) is 4.23. The molecule has 4 heterocycles. The molecule has 2 fully saturated rings. The van der Waals surface area contributed by atoms with Crippen molar-refractivity contribution in [2.45, 2.75) is 31.9 Å². The van der Waals surface area contributed by atoms with Crippen molar-refractivity contribution < 1.29 is 14.1 Å². The third kappa shape index (κ3) is 3.29. The summed E-state index contributed by atoms with van der Waals surface area (Å²) in [5, 5.41) is 7.11. The molecule has 140 valence electrons. The second-order valence-corrected chi connectivity index (χ2v) is 7.52. The Morgan fingerprint density at radius 1 is 1.46 bits per heavy atom. The van der Waals surface area contributed by atoms with Crippen LogP contribution in [0.3, 0.4) is 0 Å². The zero-order valence-corrected chi connectivity index (χ0v) is 15.4. The molecule has 1 spiro atoms. The monoisotopic (exact) mass is 358 g/mol. The van der Waals surface area contributed by atoms with E-state index in [4.69, 9.17) is 9.26 Å². The van der Waals surface area contributed by atoms with Gasteiger partial charge in [0, 0.05) is 52.1 Å². The summed E-state index contributed by atoms with van der Waals surface area (Å²) in [5.41, 5.74) is 1.62. The lowest BCUT2D eigenvalue weighted by atomic mass is 9.79. The molecule has 2 aromatic heterocycles. The van der Waals surface area contributed by atoms with Gasteiger partial charge in [-0.05, 0) is 37.8 Å². The zero-order chi connectivity index (χ0) is 18.1. The number of aryl methyl sites for hydroxylation is 2. The molecule has 0 saturated carbocycles. The predicted molar refractivity (Wildman–Crippen MR) is 95.7 cm³/mol. The molecule has 7 nitrogen and oxygen atoms in total. The van der Waals surface area contributed by atoms with E-state index in [-0.39, 0.29) is 11.5 Å². The maximum absolute atomic E-state index is 12.2. The molecule has 1 amide bonds. The fraction of sp³-hybridized carbons (Fsp3) is 0.579. The average molecular weight is 358 g/mol. The van der Waals surface area contributed by atoms with E-state index in [1.54, 1.807) is 0 Å². The lowest BCUT2D eigenvalue weighted by Gasteiger charge is -2.50. The molecule has 1 N–H and O–H groups in total. The van der Waals surface area contributed by atoms with E-state index >= 15 is 0 Å². The van der Waals surface area contributed by atoms with Crippen LogP contribution < -0.4 is 5.32 Å². The first-order chi connectivity index (χ1) is 12.6.